The zero-order valence-corrected chi connectivity index (χ0v) is 17.5. The van der Waals surface area contributed by atoms with Crippen LogP contribution in [0.1, 0.15) is 37.6 Å². The molecule has 2 heterocycles. The van der Waals surface area contributed by atoms with Crippen molar-refractivity contribution in [2.24, 2.45) is 0 Å². The van der Waals surface area contributed by atoms with Gasteiger partial charge in [0.25, 0.3) is 11.4 Å². The molecule has 0 aliphatic carbocycles. The maximum Gasteiger partial charge on any atom is 0.277 e. The topological polar surface area (TPSA) is 116 Å². The lowest BCUT2D eigenvalue weighted by Gasteiger charge is -2.12. The number of anilines is 1. The zero-order chi connectivity index (χ0) is 22.0. The van der Waals surface area contributed by atoms with Gasteiger partial charge in [0.1, 0.15) is 5.52 Å². The van der Waals surface area contributed by atoms with Crippen LogP contribution < -0.4 is 10.9 Å². The van der Waals surface area contributed by atoms with Gasteiger partial charge in [-0.2, -0.15) is 4.98 Å². The fourth-order valence-electron chi connectivity index (χ4n) is 3.17. The smallest absolute Gasteiger partial charge is 0.277 e. The number of carbonyl (C=O) groups excluding carboxylic acids is 1. The van der Waals surface area contributed by atoms with Crippen molar-refractivity contribution in [2.75, 3.05) is 5.32 Å². The molecule has 4 rings (SSSR count). The molecule has 1 amide bonds. The van der Waals surface area contributed by atoms with Crippen LogP contribution in [0.25, 0.3) is 22.4 Å². The number of rotatable bonds is 6. The van der Waals surface area contributed by atoms with E-state index in [1.807, 2.05) is 39.0 Å². The van der Waals surface area contributed by atoms with E-state index >= 15 is 0 Å². The molecule has 0 saturated carbocycles. The normalized spacial score (nSPS) is 11.2. The minimum atomic E-state index is -0.276. The van der Waals surface area contributed by atoms with Gasteiger partial charge < -0.3 is 9.84 Å². The lowest BCUT2D eigenvalue weighted by atomic mass is 10.1. The second kappa shape index (κ2) is 8.47. The predicted octanol–water partition coefficient (Wildman–Crippen LogP) is 3.30. The molecule has 9 nitrogen and oxygen atoms in total. The molecule has 2 aromatic heterocycles. The first-order valence-electron chi connectivity index (χ1n) is 10.00. The first kappa shape index (κ1) is 20.4. The molecule has 31 heavy (non-hydrogen) atoms. The summed E-state index contributed by atoms with van der Waals surface area (Å²) < 4.78 is 6.60. The Labute approximate surface area is 178 Å². The predicted molar refractivity (Wildman–Crippen MR) is 116 cm³/mol. The van der Waals surface area contributed by atoms with Gasteiger partial charge in [-0.25, -0.2) is 4.68 Å². The summed E-state index contributed by atoms with van der Waals surface area (Å²) in [6, 6.07) is 12.6. The van der Waals surface area contributed by atoms with Gasteiger partial charge in [0.05, 0.1) is 23.2 Å². The lowest BCUT2D eigenvalue weighted by molar-refractivity contribution is -0.116. The molecule has 0 aliphatic heterocycles. The second-order valence-corrected chi connectivity index (χ2v) is 7.54. The molecule has 0 spiro atoms. The van der Waals surface area contributed by atoms with Crippen LogP contribution >= 0.6 is 0 Å². The summed E-state index contributed by atoms with van der Waals surface area (Å²) in [5.74, 6) is 0.810. The maximum atomic E-state index is 12.7. The van der Waals surface area contributed by atoms with Crippen LogP contribution in [-0.4, -0.2) is 31.0 Å². The minimum absolute atomic E-state index is 0.0573. The fraction of sp³-hybridized carbons (Fsp3) is 0.273. The van der Waals surface area contributed by atoms with Crippen LogP contribution in [0.5, 0.6) is 0 Å². The maximum absolute atomic E-state index is 12.7. The number of nitrogens with one attached hydrogen (secondary N) is 1. The van der Waals surface area contributed by atoms with E-state index in [4.69, 9.17) is 4.52 Å². The van der Waals surface area contributed by atoms with E-state index in [1.54, 1.807) is 24.3 Å². The van der Waals surface area contributed by atoms with Crippen molar-refractivity contribution in [3.05, 3.63) is 64.2 Å². The molecule has 9 heteroatoms. The zero-order valence-electron chi connectivity index (χ0n) is 17.5. The number of fused-ring (bicyclic) bond motifs is 1. The largest absolute Gasteiger partial charge is 0.334 e. The molecule has 0 unspecified atom stereocenters. The van der Waals surface area contributed by atoms with Crippen LogP contribution in [0, 0.1) is 6.92 Å². The van der Waals surface area contributed by atoms with Gasteiger partial charge in [-0.1, -0.05) is 48.5 Å². The third-order valence-electron chi connectivity index (χ3n) is 4.91. The Morgan fingerprint density at radius 1 is 1.16 bits per heavy atom. The highest BCUT2D eigenvalue weighted by Gasteiger charge is 2.18. The second-order valence-electron chi connectivity index (χ2n) is 7.54. The van der Waals surface area contributed by atoms with E-state index in [9.17, 15) is 9.59 Å². The fourth-order valence-corrected chi connectivity index (χ4v) is 3.17. The van der Waals surface area contributed by atoms with Crippen LogP contribution in [0.15, 0.2) is 51.8 Å². The van der Waals surface area contributed by atoms with Gasteiger partial charge in [0, 0.05) is 12.3 Å². The monoisotopic (exact) mass is 418 g/mol. The third kappa shape index (κ3) is 4.20. The number of amides is 1. The Morgan fingerprint density at radius 2 is 1.97 bits per heavy atom. The van der Waals surface area contributed by atoms with Crippen LogP contribution in [-0.2, 0) is 11.3 Å². The number of aryl methyl sites for hydroxylation is 2. The highest BCUT2D eigenvalue weighted by Crippen LogP contribution is 2.30. The highest BCUT2D eigenvalue weighted by atomic mass is 16.5. The van der Waals surface area contributed by atoms with Crippen molar-refractivity contribution in [3.8, 4) is 11.5 Å². The summed E-state index contributed by atoms with van der Waals surface area (Å²) in [5.41, 5.74) is 2.36. The molecule has 0 fully saturated rings. The molecular formula is C22H22N6O3. The number of hydrogen-bond donors (Lipinski definition) is 1. The number of aromatic nitrogens is 5. The summed E-state index contributed by atoms with van der Waals surface area (Å²) in [6.07, 6.45) is 0.0573. The lowest BCUT2D eigenvalue weighted by Crippen LogP contribution is -2.26. The minimum Gasteiger partial charge on any atom is -0.334 e. The first-order valence-corrected chi connectivity index (χ1v) is 10.00. The summed E-state index contributed by atoms with van der Waals surface area (Å²) in [6.45, 7) is 5.95. The molecule has 0 aliphatic rings. The molecule has 0 bridgehead atoms. The van der Waals surface area contributed by atoms with E-state index in [0.717, 1.165) is 5.56 Å². The molecular weight excluding hydrogens is 396 g/mol. The van der Waals surface area contributed by atoms with Crippen molar-refractivity contribution >= 4 is 22.5 Å². The Bertz CT molecular complexity index is 1310. The SMILES string of the molecule is Cc1cccc(-c2nc(C(C)C)no2)c1NC(=O)CCn1nnc2ccccc2c1=O. The third-order valence-corrected chi connectivity index (χ3v) is 4.91. The Morgan fingerprint density at radius 3 is 2.74 bits per heavy atom. The van der Waals surface area contributed by atoms with Gasteiger partial charge >= 0.3 is 0 Å². The van der Waals surface area contributed by atoms with Gasteiger partial charge in [0.2, 0.25) is 5.91 Å². The van der Waals surface area contributed by atoms with Crippen LogP contribution in [0.4, 0.5) is 5.69 Å². The first-order chi connectivity index (χ1) is 14.9. The number of hydrogen-bond acceptors (Lipinski definition) is 7. The molecule has 0 atom stereocenters. The van der Waals surface area contributed by atoms with Crippen molar-refractivity contribution < 1.29 is 9.32 Å². The van der Waals surface area contributed by atoms with Crippen molar-refractivity contribution in [3.63, 3.8) is 0 Å². The van der Waals surface area contributed by atoms with Gasteiger partial charge in [-0.05, 0) is 30.7 Å². The molecule has 1 N–H and O–H groups in total. The Kier molecular flexibility index (Phi) is 5.57. The quantitative estimate of drug-likeness (QED) is 0.511. The van der Waals surface area contributed by atoms with Crippen molar-refractivity contribution in [1.29, 1.82) is 0 Å². The summed E-state index contributed by atoms with van der Waals surface area (Å²) in [7, 11) is 0. The number of nitrogens with zero attached hydrogens (tertiary/aromatic N) is 5. The van der Waals surface area contributed by atoms with E-state index in [0.29, 0.717) is 33.9 Å². The van der Waals surface area contributed by atoms with E-state index in [-0.39, 0.29) is 30.3 Å². The highest BCUT2D eigenvalue weighted by molar-refractivity contribution is 5.95. The van der Waals surface area contributed by atoms with Gasteiger partial charge in [-0.15, -0.1) is 5.10 Å². The number of carbonyl (C=O) groups is 1. The summed E-state index contributed by atoms with van der Waals surface area (Å²) in [5, 5.41) is 15.4. The molecule has 0 saturated heterocycles. The van der Waals surface area contributed by atoms with Crippen molar-refractivity contribution in [1.82, 2.24) is 25.1 Å². The summed E-state index contributed by atoms with van der Waals surface area (Å²) >= 11 is 0. The Balaban J connectivity index is 1.53. The Hall–Kier alpha value is -3.88. The molecule has 4 aromatic rings. The van der Waals surface area contributed by atoms with E-state index < -0.39 is 0 Å². The van der Waals surface area contributed by atoms with E-state index in [1.165, 1.54) is 4.68 Å². The number of benzene rings is 2. The van der Waals surface area contributed by atoms with E-state index in [2.05, 4.69) is 25.8 Å². The number of para-hydroxylation sites is 1. The average molecular weight is 418 g/mol. The molecule has 2 aromatic carbocycles. The van der Waals surface area contributed by atoms with Crippen molar-refractivity contribution in [2.45, 2.75) is 39.7 Å². The summed E-state index contributed by atoms with van der Waals surface area (Å²) in [4.78, 5) is 29.6. The molecule has 0 radical (unpaired) electrons. The van der Waals surface area contributed by atoms with Gasteiger partial charge in [-0.3, -0.25) is 9.59 Å². The van der Waals surface area contributed by atoms with Crippen LogP contribution in [0.3, 0.4) is 0 Å². The standard InChI is InChI=1S/C22H22N6O3/c1-13(2)20-24-21(31-26-20)16-9-6-7-14(3)19(16)23-18(29)11-12-28-22(30)15-8-4-5-10-17(15)25-27-28/h4-10,13H,11-12H2,1-3H3,(H,23,29). The van der Waals surface area contributed by atoms with Gasteiger partial charge in [0.15, 0.2) is 5.82 Å². The molecule has 158 valence electrons. The van der Waals surface area contributed by atoms with Crippen LogP contribution in [0.2, 0.25) is 0 Å². The average Bonchev–Trinajstić information content (AvgIpc) is 3.25.